The lowest BCUT2D eigenvalue weighted by Gasteiger charge is -2.32. The number of hydrogen-bond donors (Lipinski definition) is 1. The molecule has 5 nitrogen and oxygen atoms in total. The second kappa shape index (κ2) is 7.93. The largest absolute Gasteiger partial charge is 0.310 e. The van der Waals surface area contributed by atoms with Crippen LogP contribution in [0.2, 0.25) is 0 Å². The zero-order valence-electron chi connectivity index (χ0n) is 16.1. The predicted octanol–water partition coefficient (Wildman–Crippen LogP) is 3.92. The highest BCUT2D eigenvalue weighted by atomic mass is 19.1. The summed E-state index contributed by atoms with van der Waals surface area (Å²) in [5.74, 6) is -0.0136. The van der Waals surface area contributed by atoms with Crippen LogP contribution in [0.5, 0.6) is 0 Å². The fraction of sp³-hybridized carbons (Fsp3) is 0.429. The highest BCUT2D eigenvalue weighted by molar-refractivity contribution is 5.93. The van der Waals surface area contributed by atoms with Gasteiger partial charge in [0.2, 0.25) is 5.91 Å². The van der Waals surface area contributed by atoms with E-state index in [2.05, 4.69) is 23.2 Å². The molecule has 1 aromatic heterocycles. The van der Waals surface area contributed by atoms with Crippen molar-refractivity contribution >= 4 is 11.7 Å². The Labute approximate surface area is 159 Å². The minimum atomic E-state index is -0.328. The quantitative estimate of drug-likeness (QED) is 0.890. The van der Waals surface area contributed by atoms with Gasteiger partial charge in [-0.1, -0.05) is 6.42 Å². The van der Waals surface area contributed by atoms with E-state index in [1.165, 1.54) is 18.6 Å². The number of hydrogen-bond acceptors (Lipinski definition) is 3. The third kappa shape index (κ3) is 3.88. The third-order valence-corrected chi connectivity index (χ3v) is 5.46. The Hall–Kier alpha value is -2.65. The molecule has 3 rings (SSSR count). The van der Waals surface area contributed by atoms with Crippen molar-refractivity contribution in [1.29, 1.82) is 5.26 Å². The van der Waals surface area contributed by atoms with Gasteiger partial charge in [0.25, 0.3) is 0 Å². The van der Waals surface area contributed by atoms with Gasteiger partial charge in [-0.2, -0.15) is 5.26 Å². The van der Waals surface area contributed by atoms with E-state index in [0.717, 1.165) is 30.6 Å². The fourth-order valence-corrected chi connectivity index (χ4v) is 3.72. The van der Waals surface area contributed by atoms with Crippen LogP contribution >= 0.6 is 0 Å². The fourth-order valence-electron chi connectivity index (χ4n) is 3.72. The van der Waals surface area contributed by atoms with E-state index < -0.39 is 0 Å². The van der Waals surface area contributed by atoms with Gasteiger partial charge in [-0.15, -0.1) is 0 Å². The first kappa shape index (κ1) is 19.1. The normalized spacial score (nSPS) is 17.5. The molecule has 0 saturated carbocycles. The molecule has 1 aromatic carbocycles. The van der Waals surface area contributed by atoms with Crippen LogP contribution < -0.4 is 5.32 Å². The average molecular weight is 368 g/mol. The number of likely N-dealkylation sites (tertiary alicyclic amines) is 1. The van der Waals surface area contributed by atoms with Crippen molar-refractivity contribution < 1.29 is 9.18 Å². The van der Waals surface area contributed by atoms with Gasteiger partial charge in [-0.05, 0) is 70.0 Å². The number of amides is 1. The average Bonchev–Trinajstić information content (AvgIpc) is 2.88. The molecule has 6 heteroatoms. The second-order valence-electron chi connectivity index (χ2n) is 7.22. The number of nitriles is 1. The lowest BCUT2D eigenvalue weighted by atomic mass is 10.0. The summed E-state index contributed by atoms with van der Waals surface area (Å²) in [5, 5.41) is 12.6. The van der Waals surface area contributed by atoms with Gasteiger partial charge < -0.3 is 5.32 Å². The summed E-state index contributed by atoms with van der Waals surface area (Å²) in [6, 6.07) is 8.62. The molecular formula is C21H25FN4O. The lowest BCUT2D eigenvalue weighted by molar-refractivity contribution is -0.118. The standard InChI is InChI=1S/C21H25FN4O/c1-14-6-4-5-11-25(14)13-20(27)24-21-19(12-23)15(2)16(3)26(21)18-9-7-17(22)8-10-18/h7-10,14H,4-6,11,13H2,1-3H3,(H,24,27)/t14-/m1/s1. The number of aromatic nitrogens is 1. The Balaban J connectivity index is 1.92. The molecule has 1 saturated heterocycles. The predicted molar refractivity (Wildman–Crippen MR) is 103 cm³/mol. The van der Waals surface area contributed by atoms with E-state index in [0.29, 0.717) is 29.7 Å². The van der Waals surface area contributed by atoms with Gasteiger partial charge in [0.05, 0.1) is 12.1 Å². The molecule has 1 N–H and O–H groups in total. The molecule has 1 fully saturated rings. The van der Waals surface area contributed by atoms with Crippen LogP contribution in [0, 0.1) is 31.0 Å². The number of halogens is 1. The first-order valence-corrected chi connectivity index (χ1v) is 9.34. The summed E-state index contributed by atoms with van der Waals surface area (Å²) in [4.78, 5) is 14.9. The van der Waals surface area contributed by atoms with E-state index >= 15 is 0 Å². The molecule has 0 spiro atoms. The summed E-state index contributed by atoms with van der Waals surface area (Å²) in [6.45, 7) is 7.11. The van der Waals surface area contributed by atoms with Crippen molar-refractivity contribution in [3.8, 4) is 11.8 Å². The zero-order chi connectivity index (χ0) is 19.6. The summed E-state index contributed by atoms with van der Waals surface area (Å²) in [6.07, 6.45) is 3.40. The molecule has 1 aliphatic heterocycles. The van der Waals surface area contributed by atoms with Crippen LogP contribution in [-0.2, 0) is 4.79 Å². The van der Waals surface area contributed by atoms with E-state index in [9.17, 15) is 14.4 Å². The molecule has 1 amide bonds. The summed E-state index contributed by atoms with van der Waals surface area (Å²) < 4.78 is 15.1. The van der Waals surface area contributed by atoms with Crippen molar-refractivity contribution in [2.45, 2.75) is 46.1 Å². The Morgan fingerprint density at radius 1 is 1.30 bits per heavy atom. The zero-order valence-corrected chi connectivity index (χ0v) is 16.1. The molecule has 0 radical (unpaired) electrons. The van der Waals surface area contributed by atoms with Crippen LogP contribution in [0.1, 0.15) is 43.0 Å². The van der Waals surface area contributed by atoms with Gasteiger partial charge in [0.15, 0.2) is 0 Å². The van der Waals surface area contributed by atoms with Crippen molar-refractivity contribution in [2.75, 3.05) is 18.4 Å². The molecule has 0 aliphatic carbocycles. The van der Waals surface area contributed by atoms with Crippen molar-refractivity contribution in [3.05, 3.63) is 46.9 Å². The molecule has 2 heterocycles. The maximum absolute atomic E-state index is 13.3. The van der Waals surface area contributed by atoms with Gasteiger partial charge in [-0.3, -0.25) is 14.3 Å². The maximum atomic E-state index is 13.3. The summed E-state index contributed by atoms with van der Waals surface area (Å²) in [7, 11) is 0. The molecule has 142 valence electrons. The Bertz CT molecular complexity index is 879. The van der Waals surface area contributed by atoms with Crippen LogP contribution in [-0.4, -0.2) is 34.5 Å². The topological polar surface area (TPSA) is 61.1 Å². The Kier molecular flexibility index (Phi) is 5.62. The van der Waals surface area contributed by atoms with E-state index in [-0.39, 0.29) is 11.7 Å². The molecule has 27 heavy (non-hydrogen) atoms. The smallest absolute Gasteiger partial charge is 0.239 e. The SMILES string of the molecule is Cc1c(C#N)c(NC(=O)CN2CCCC[C@H]2C)n(-c2ccc(F)cc2)c1C. The van der Waals surface area contributed by atoms with E-state index in [4.69, 9.17) is 0 Å². The molecule has 0 bridgehead atoms. The van der Waals surface area contributed by atoms with Gasteiger partial charge in [0, 0.05) is 17.4 Å². The van der Waals surface area contributed by atoms with Gasteiger partial charge in [-0.25, -0.2) is 4.39 Å². The van der Waals surface area contributed by atoms with E-state index in [1.54, 1.807) is 12.1 Å². The van der Waals surface area contributed by atoms with Gasteiger partial charge in [0.1, 0.15) is 17.7 Å². The Morgan fingerprint density at radius 3 is 2.63 bits per heavy atom. The Morgan fingerprint density at radius 2 is 2.00 bits per heavy atom. The first-order valence-electron chi connectivity index (χ1n) is 9.34. The number of carbonyl (C=O) groups excluding carboxylic acids is 1. The molecule has 2 aromatic rings. The monoisotopic (exact) mass is 368 g/mol. The van der Waals surface area contributed by atoms with Crippen LogP contribution in [0.4, 0.5) is 10.2 Å². The minimum absolute atomic E-state index is 0.138. The number of carbonyl (C=O) groups is 1. The summed E-state index contributed by atoms with van der Waals surface area (Å²) in [5.41, 5.74) is 2.81. The number of piperidine rings is 1. The number of nitrogens with one attached hydrogen (secondary N) is 1. The third-order valence-electron chi connectivity index (χ3n) is 5.46. The van der Waals surface area contributed by atoms with E-state index in [1.807, 2.05) is 18.4 Å². The maximum Gasteiger partial charge on any atom is 0.239 e. The number of anilines is 1. The van der Waals surface area contributed by atoms with Crippen molar-refractivity contribution in [3.63, 3.8) is 0 Å². The first-order chi connectivity index (χ1) is 12.9. The number of benzene rings is 1. The molecular weight excluding hydrogens is 343 g/mol. The highest BCUT2D eigenvalue weighted by Crippen LogP contribution is 2.30. The molecule has 1 atom stereocenters. The van der Waals surface area contributed by atoms with Crippen molar-refractivity contribution in [2.24, 2.45) is 0 Å². The van der Waals surface area contributed by atoms with Crippen LogP contribution in [0.15, 0.2) is 24.3 Å². The number of nitrogens with zero attached hydrogens (tertiary/aromatic N) is 3. The van der Waals surface area contributed by atoms with Crippen LogP contribution in [0.25, 0.3) is 5.69 Å². The van der Waals surface area contributed by atoms with Crippen molar-refractivity contribution in [1.82, 2.24) is 9.47 Å². The number of rotatable bonds is 4. The minimum Gasteiger partial charge on any atom is -0.310 e. The molecule has 1 aliphatic rings. The summed E-state index contributed by atoms with van der Waals surface area (Å²) >= 11 is 0. The molecule has 0 unspecified atom stereocenters. The lowest BCUT2D eigenvalue weighted by Crippen LogP contribution is -2.42. The second-order valence-corrected chi connectivity index (χ2v) is 7.22. The highest BCUT2D eigenvalue weighted by Gasteiger charge is 2.24. The van der Waals surface area contributed by atoms with Gasteiger partial charge >= 0.3 is 0 Å². The van der Waals surface area contributed by atoms with Crippen LogP contribution in [0.3, 0.4) is 0 Å².